The quantitative estimate of drug-likeness (QED) is 0.181. The molecule has 10 rings (SSSR count). The summed E-state index contributed by atoms with van der Waals surface area (Å²) >= 11 is 0. The number of amidine groups is 1. The highest BCUT2D eigenvalue weighted by Crippen LogP contribution is 2.44. The third-order valence-corrected chi connectivity index (χ3v) is 12.2. The summed E-state index contributed by atoms with van der Waals surface area (Å²) in [5.41, 5.74) is 14.1. The number of benzene rings is 3. The van der Waals surface area contributed by atoms with Crippen molar-refractivity contribution in [3.63, 3.8) is 0 Å². The van der Waals surface area contributed by atoms with Crippen LogP contribution in [0.2, 0.25) is 0 Å². The van der Waals surface area contributed by atoms with Crippen molar-refractivity contribution >= 4 is 33.3 Å². The molecule has 5 heteroatoms. The zero-order chi connectivity index (χ0) is 34.8. The Morgan fingerprint density at radius 2 is 1.77 bits per heavy atom. The molecule has 0 amide bonds. The van der Waals surface area contributed by atoms with Gasteiger partial charge in [-0.1, -0.05) is 80.6 Å². The van der Waals surface area contributed by atoms with Gasteiger partial charge in [0.25, 0.3) is 0 Å². The van der Waals surface area contributed by atoms with Crippen LogP contribution < -0.4 is 10.6 Å². The van der Waals surface area contributed by atoms with E-state index in [4.69, 9.17) is 9.41 Å². The molecule has 0 saturated heterocycles. The van der Waals surface area contributed by atoms with Gasteiger partial charge >= 0.3 is 0 Å². The van der Waals surface area contributed by atoms with E-state index in [0.29, 0.717) is 11.8 Å². The zero-order valence-electron chi connectivity index (χ0n) is 30.4. The third-order valence-electron chi connectivity index (χ3n) is 12.2. The van der Waals surface area contributed by atoms with E-state index in [1.165, 1.54) is 92.3 Å². The first-order chi connectivity index (χ1) is 25.6. The van der Waals surface area contributed by atoms with Crippen LogP contribution in [-0.2, 0) is 12.8 Å². The average Bonchev–Trinajstić information content (AvgIpc) is 3.74. The lowest BCUT2D eigenvalue weighted by Gasteiger charge is -2.36. The topological polar surface area (TPSA) is 54.5 Å². The molecule has 0 spiro atoms. The maximum Gasteiger partial charge on any atom is 0.137 e. The second kappa shape index (κ2) is 13.0. The number of aryl methyl sites for hydroxylation is 2. The fraction of sp³-hybridized carbons (Fsp3) is 0.340. The van der Waals surface area contributed by atoms with Gasteiger partial charge in [0.1, 0.15) is 29.5 Å². The van der Waals surface area contributed by atoms with E-state index in [1.807, 2.05) is 0 Å². The van der Waals surface area contributed by atoms with Crippen molar-refractivity contribution < 1.29 is 4.42 Å². The average molecular weight is 685 g/mol. The molecule has 5 aromatic rings. The van der Waals surface area contributed by atoms with Crippen LogP contribution >= 0.6 is 0 Å². The highest BCUT2D eigenvalue weighted by molar-refractivity contribution is 6.04. The molecule has 3 heterocycles. The number of nitrogens with one attached hydrogen (secondary N) is 2. The second-order valence-corrected chi connectivity index (χ2v) is 15.8. The smallest absolute Gasteiger partial charge is 0.137 e. The van der Waals surface area contributed by atoms with Crippen molar-refractivity contribution in [2.45, 2.75) is 96.3 Å². The van der Waals surface area contributed by atoms with Crippen molar-refractivity contribution in [1.82, 2.24) is 15.2 Å². The molecule has 0 bridgehead atoms. The van der Waals surface area contributed by atoms with Crippen LogP contribution in [0.15, 0.2) is 118 Å². The van der Waals surface area contributed by atoms with Crippen LogP contribution in [0, 0.1) is 5.92 Å². The van der Waals surface area contributed by atoms with E-state index in [-0.39, 0.29) is 12.3 Å². The lowest BCUT2D eigenvalue weighted by atomic mass is 9.87. The summed E-state index contributed by atoms with van der Waals surface area (Å²) in [6.07, 6.45) is 23.0. The molecule has 262 valence electrons. The van der Waals surface area contributed by atoms with Gasteiger partial charge in [-0.3, -0.25) is 5.32 Å². The Balaban J connectivity index is 1.05. The van der Waals surface area contributed by atoms with Crippen molar-refractivity contribution in [2.75, 3.05) is 0 Å². The summed E-state index contributed by atoms with van der Waals surface area (Å²) in [6.45, 7) is 4.70. The number of aromatic nitrogens is 1. The second-order valence-electron chi connectivity index (χ2n) is 15.8. The van der Waals surface area contributed by atoms with Crippen LogP contribution in [0.4, 0.5) is 0 Å². The number of allylic oxidation sites excluding steroid dienone is 4. The molecular weight excluding hydrogens is 637 g/mol. The minimum absolute atomic E-state index is 0.0262. The van der Waals surface area contributed by atoms with Gasteiger partial charge < -0.3 is 14.3 Å². The van der Waals surface area contributed by atoms with Gasteiger partial charge in [0, 0.05) is 45.8 Å². The van der Waals surface area contributed by atoms with Gasteiger partial charge in [0.15, 0.2) is 0 Å². The van der Waals surface area contributed by atoms with E-state index in [1.54, 1.807) is 0 Å². The molecule has 0 fully saturated rings. The van der Waals surface area contributed by atoms with E-state index in [0.717, 1.165) is 55.7 Å². The molecule has 4 aliphatic carbocycles. The van der Waals surface area contributed by atoms with Crippen LogP contribution in [0.1, 0.15) is 93.7 Å². The molecule has 1 aliphatic heterocycles. The minimum Gasteiger partial charge on any atom is -0.460 e. The number of furan rings is 1. The van der Waals surface area contributed by atoms with Gasteiger partial charge in [0.05, 0.1) is 5.52 Å². The van der Waals surface area contributed by atoms with Crippen LogP contribution in [-0.4, -0.2) is 22.7 Å². The Labute approximate surface area is 306 Å². The number of aliphatic imine (C=N–C) groups is 1. The number of rotatable bonds is 5. The predicted octanol–water partition coefficient (Wildman–Crippen LogP) is 11.1. The monoisotopic (exact) mass is 684 g/mol. The van der Waals surface area contributed by atoms with Crippen molar-refractivity contribution in [2.24, 2.45) is 10.9 Å². The van der Waals surface area contributed by atoms with E-state index >= 15 is 0 Å². The molecule has 0 saturated carbocycles. The van der Waals surface area contributed by atoms with Gasteiger partial charge in [-0.2, -0.15) is 0 Å². The third kappa shape index (κ3) is 5.44. The molecule has 2 N–H and O–H groups in total. The van der Waals surface area contributed by atoms with Gasteiger partial charge in [0.2, 0.25) is 0 Å². The predicted molar refractivity (Wildman–Crippen MR) is 215 cm³/mol. The summed E-state index contributed by atoms with van der Waals surface area (Å²) < 4.78 is 9.38. The highest BCUT2D eigenvalue weighted by Gasteiger charge is 2.34. The SMILES string of the molecule is CC1C=C(C2=NC(C3=CCCCC3)NC(C3=CCCc4oc5cc(-n6c7c(c8cc(-c9ccccc9)ccc86)CCCC7C)ccc5c43)N2)C=CC1. The first kappa shape index (κ1) is 31.8. The largest absolute Gasteiger partial charge is 0.460 e. The molecule has 4 unspecified atom stereocenters. The molecule has 5 nitrogen and oxygen atoms in total. The van der Waals surface area contributed by atoms with Crippen LogP contribution in [0.3, 0.4) is 0 Å². The molecule has 5 aliphatic rings. The summed E-state index contributed by atoms with van der Waals surface area (Å²) in [4.78, 5) is 5.30. The van der Waals surface area contributed by atoms with Crippen molar-refractivity contribution in [1.29, 1.82) is 0 Å². The van der Waals surface area contributed by atoms with Crippen LogP contribution in [0.5, 0.6) is 0 Å². The van der Waals surface area contributed by atoms with Gasteiger partial charge in [-0.15, -0.1) is 0 Å². The fourth-order valence-electron chi connectivity index (χ4n) is 9.62. The van der Waals surface area contributed by atoms with Gasteiger partial charge in [-0.25, -0.2) is 4.99 Å². The number of fused-ring (bicyclic) bond motifs is 6. The Hall–Kier alpha value is -4.87. The lowest BCUT2D eigenvalue weighted by molar-refractivity contribution is 0.463. The maximum absolute atomic E-state index is 6.84. The highest BCUT2D eigenvalue weighted by atomic mass is 16.3. The van der Waals surface area contributed by atoms with E-state index in [9.17, 15) is 0 Å². The standard InChI is InChI=1S/C47H48N4O/c1-29-12-9-18-34(26-29)46-48-45(32-16-7-4-8-17-32)49-47(50-46)38-20-11-21-41-43(38)37-24-23-35(28-42(37)52-41)51-40-25-22-33(31-14-5-3-6-15-31)27-39(40)36-19-10-13-30(2)44(36)51/h3,5-6,9,14-16,18,20,22-30,45,47,49H,4,7-8,10-13,17,19,21H2,1-2H3,(H,48,50). The number of nitrogens with zero attached hydrogens (tertiary/aromatic N) is 2. The summed E-state index contributed by atoms with van der Waals surface area (Å²) in [5.74, 6) is 3.10. The number of hydrogen-bond acceptors (Lipinski definition) is 4. The minimum atomic E-state index is -0.0635. The first-order valence-electron chi connectivity index (χ1n) is 19.8. The summed E-state index contributed by atoms with van der Waals surface area (Å²) in [6, 6.07) is 24.8. The van der Waals surface area contributed by atoms with Crippen molar-refractivity contribution in [3.05, 3.63) is 131 Å². The fourth-order valence-corrected chi connectivity index (χ4v) is 9.62. The van der Waals surface area contributed by atoms with Gasteiger partial charge in [-0.05, 0) is 122 Å². The normalized spacial score (nSPS) is 24.4. The Morgan fingerprint density at radius 3 is 2.63 bits per heavy atom. The molecule has 52 heavy (non-hydrogen) atoms. The summed E-state index contributed by atoms with van der Waals surface area (Å²) in [5, 5.41) is 10.4. The van der Waals surface area contributed by atoms with E-state index in [2.05, 4.69) is 126 Å². The van der Waals surface area contributed by atoms with Crippen molar-refractivity contribution in [3.8, 4) is 16.8 Å². The maximum atomic E-state index is 6.84. The Morgan fingerprint density at radius 1 is 0.846 bits per heavy atom. The number of hydrogen-bond donors (Lipinski definition) is 2. The molecular formula is C47H48N4O. The molecule has 3 aromatic carbocycles. The Kier molecular flexibility index (Phi) is 7.94. The summed E-state index contributed by atoms with van der Waals surface area (Å²) in [7, 11) is 0. The molecule has 4 atom stereocenters. The van der Waals surface area contributed by atoms with E-state index < -0.39 is 0 Å². The molecule has 0 radical (unpaired) electrons. The first-order valence-corrected chi connectivity index (χ1v) is 19.8. The van der Waals surface area contributed by atoms with Crippen LogP contribution in [0.25, 0.3) is 44.3 Å². The molecule has 2 aromatic heterocycles. The lowest BCUT2D eigenvalue weighted by Crippen LogP contribution is -2.55. The zero-order valence-corrected chi connectivity index (χ0v) is 30.4. The Bertz CT molecular complexity index is 2360.